The first kappa shape index (κ1) is 26.0. The third-order valence-corrected chi connectivity index (χ3v) is 10.6. The molecule has 0 radical (unpaired) electrons. The van der Waals surface area contributed by atoms with Gasteiger partial charge in [-0.15, -0.1) is 11.8 Å². The zero-order valence-corrected chi connectivity index (χ0v) is 21.9. The van der Waals surface area contributed by atoms with E-state index in [4.69, 9.17) is 4.74 Å². The lowest BCUT2D eigenvalue weighted by Gasteiger charge is -2.60. The summed E-state index contributed by atoms with van der Waals surface area (Å²) in [6.07, 6.45) is 3.32. The number of carbonyl (C=O) groups is 2. The number of aliphatic hydroxyl groups is 1. The zero-order valence-electron chi connectivity index (χ0n) is 21.1. The van der Waals surface area contributed by atoms with Gasteiger partial charge in [0.05, 0.1) is 11.9 Å². The Morgan fingerprint density at radius 1 is 1.22 bits per heavy atom. The highest BCUT2D eigenvalue weighted by Gasteiger charge is 2.66. The Morgan fingerprint density at radius 3 is 2.56 bits per heavy atom. The molecule has 3 saturated carbocycles. The molecule has 0 saturated heterocycles. The molecule has 5 nitrogen and oxygen atoms in total. The second-order valence-corrected chi connectivity index (χ2v) is 12.1. The van der Waals surface area contributed by atoms with E-state index < -0.39 is 6.10 Å². The lowest BCUT2D eigenvalue weighted by molar-refractivity contribution is -0.198. The molecule has 2 bridgehead atoms. The van der Waals surface area contributed by atoms with Crippen molar-refractivity contribution in [3.63, 3.8) is 0 Å². The highest BCUT2D eigenvalue weighted by molar-refractivity contribution is 7.99. The predicted molar refractivity (Wildman–Crippen MR) is 131 cm³/mol. The van der Waals surface area contributed by atoms with E-state index in [2.05, 4.69) is 46.4 Å². The monoisotopic (exact) mass is 467 g/mol. The van der Waals surface area contributed by atoms with Gasteiger partial charge < -0.3 is 14.7 Å². The Balaban J connectivity index is 1.79. The average Bonchev–Trinajstić information content (AvgIpc) is 3.12. The number of carbonyl (C=O) groups excluding carboxylic acids is 2. The van der Waals surface area contributed by atoms with Crippen LogP contribution in [0.15, 0.2) is 0 Å². The number of hydrogen-bond donors (Lipinski definition) is 1. The second kappa shape index (κ2) is 10.4. The molecule has 0 aliphatic heterocycles. The minimum Gasteiger partial charge on any atom is -0.461 e. The van der Waals surface area contributed by atoms with Crippen LogP contribution in [-0.4, -0.2) is 65.1 Å². The Hall–Kier alpha value is -0.590. The number of thioether (sulfide) groups is 1. The third-order valence-electron chi connectivity index (χ3n) is 9.68. The van der Waals surface area contributed by atoms with Crippen molar-refractivity contribution < 1.29 is 19.4 Å². The largest absolute Gasteiger partial charge is 0.461 e. The lowest BCUT2D eigenvalue weighted by Crippen LogP contribution is -2.61. The van der Waals surface area contributed by atoms with Crippen LogP contribution >= 0.6 is 11.8 Å². The number of ketones is 1. The highest BCUT2D eigenvalue weighted by atomic mass is 32.2. The van der Waals surface area contributed by atoms with E-state index in [-0.39, 0.29) is 40.7 Å². The standard InChI is InChI=1S/C26H45NO4S/c1-7-27(8-2)13-14-32-16-22(29)31-21-15-17(3)23(30)19(5)26-11-9-18(4)25(21,6)24(26)20(28)10-12-26/h17-19,21,23-24,30H,7-16H2,1-6H3/t17-,18+,19-,21+,23+,24+,25?,26-/m0/s1. The Bertz CT molecular complexity index is 683. The molecule has 3 aliphatic rings. The van der Waals surface area contributed by atoms with Crippen LogP contribution in [0.2, 0.25) is 0 Å². The van der Waals surface area contributed by atoms with Gasteiger partial charge in [-0.25, -0.2) is 0 Å². The van der Waals surface area contributed by atoms with Gasteiger partial charge in [-0.1, -0.05) is 41.5 Å². The van der Waals surface area contributed by atoms with E-state index in [9.17, 15) is 14.7 Å². The van der Waals surface area contributed by atoms with Crippen LogP contribution in [-0.2, 0) is 14.3 Å². The smallest absolute Gasteiger partial charge is 0.316 e. The molecule has 3 fully saturated rings. The lowest BCUT2D eigenvalue weighted by atomic mass is 9.45. The Kier molecular flexibility index (Phi) is 8.42. The van der Waals surface area contributed by atoms with Gasteiger partial charge in [0.1, 0.15) is 11.9 Å². The molecule has 8 atom stereocenters. The van der Waals surface area contributed by atoms with Crippen molar-refractivity contribution in [1.29, 1.82) is 0 Å². The molecule has 6 heteroatoms. The number of Topliss-reactive ketones (excluding diaryl/α,β-unsaturated/α-hetero) is 1. The molecule has 0 amide bonds. The quantitative estimate of drug-likeness (QED) is 0.421. The summed E-state index contributed by atoms with van der Waals surface area (Å²) >= 11 is 1.63. The molecule has 3 rings (SSSR count). The summed E-state index contributed by atoms with van der Waals surface area (Å²) in [4.78, 5) is 28.6. The van der Waals surface area contributed by atoms with Crippen molar-refractivity contribution in [1.82, 2.24) is 4.90 Å². The summed E-state index contributed by atoms with van der Waals surface area (Å²) < 4.78 is 6.22. The molecule has 0 aromatic heterocycles. The number of aliphatic hydroxyl groups excluding tert-OH is 1. The van der Waals surface area contributed by atoms with E-state index in [0.717, 1.165) is 44.6 Å². The van der Waals surface area contributed by atoms with Crippen molar-refractivity contribution in [2.45, 2.75) is 85.9 Å². The minimum absolute atomic E-state index is 0.0382. The normalized spacial score (nSPS) is 41.8. The average molecular weight is 468 g/mol. The third kappa shape index (κ3) is 4.53. The molecule has 0 aromatic rings. The van der Waals surface area contributed by atoms with Gasteiger partial charge >= 0.3 is 5.97 Å². The molecule has 0 heterocycles. The van der Waals surface area contributed by atoms with E-state index in [0.29, 0.717) is 30.3 Å². The summed E-state index contributed by atoms with van der Waals surface area (Å²) in [5.74, 6) is 1.72. The first-order valence-corrected chi connectivity index (χ1v) is 14.0. The maximum atomic E-state index is 13.3. The Labute approximate surface area is 199 Å². The second-order valence-electron chi connectivity index (χ2n) is 11.0. The summed E-state index contributed by atoms with van der Waals surface area (Å²) in [7, 11) is 0. The van der Waals surface area contributed by atoms with Crippen molar-refractivity contribution in [3.8, 4) is 0 Å². The molecule has 1 unspecified atom stereocenters. The van der Waals surface area contributed by atoms with Crippen molar-refractivity contribution in [2.24, 2.45) is 34.5 Å². The van der Waals surface area contributed by atoms with Crippen molar-refractivity contribution in [2.75, 3.05) is 31.1 Å². The van der Waals surface area contributed by atoms with Crippen molar-refractivity contribution in [3.05, 3.63) is 0 Å². The summed E-state index contributed by atoms with van der Waals surface area (Å²) in [5.41, 5.74) is -0.522. The maximum Gasteiger partial charge on any atom is 0.316 e. The first-order valence-electron chi connectivity index (χ1n) is 12.8. The fraction of sp³-hybridized carbons (Fsp3) is 0.923. The van der Waals surface area contributed by atoms with Crippen LogP contribution in [0.4, 0.5) is 0 Å². The van der Waals surface area contributed by atoms with Gasteiger partial charge in [-0.2, -0.15) is 0 Å². The van der Waals surface area contributed by atoms with Gasteiger partial charge in [0.25, 0.3) is 0 Å². The van der Waals surface area contributed by atoms with Gasteiger partial charge in [-0.3, -0.25) is 9.59 Å². The Morgan fingerprint density at radius 2 is 1.91 bits per heavy atom. The molecule has 1 N–H and O–H groups in total. The molecule has 184 valence electrons. The molecule has 0 spiro atoms. The van der Waals surface area contributed by atoms with Crippen LogP contribution in [0.1, 0.15) is 73.6 Å². The van der Waals surface area contributed by atoms with Crippen LogP contribution in [0, 0.1) is 34.5 Å². The molecule has 0 aromatic carbocycles. The zero-order chi connectivity index (χ0) is 23.7. The van der Waals surface area contributed by atoms with E-state index in [1.807, 2.05) is 0 Å². The summed E-state index contributed by atoms with van der Waals surface area (Å²) in [6.45, 7) is 16.0. The maximum absolute atomic E-state index is 13.3. The van der Waals surface area contributed by atoms with Gasteiger partial charge in [0.2, 0.25) is 0 Å². The summed E-state index contributed by atoms with van der Waals surface area (Å²) in [5, 5.41) is 11.2. The SMILES string of the molecule is CCN(CC)CCSCC(=O)O[C@@H]1C[C@H](C)[C@@H](O)[C@H](C)[C@]23CCC(=O)[C@@H]2C1(C)[C@H](C)CC3. The van der Waals surface area contributed by atoms with Crippen molar-refractivity contribution >= 4 is 23.5 Å². The van der Waals surface area contributed by atoms with Crippen LogP contribution in [0.3, 0.4) is 0 Å². The van der Waals surface area contributed by atoms with Crippen LogP contribution < -0.4 is 0 Å². The fourth-order valence-corrected chi connectivity index (χ4v) is 8.09. The van der Waals surface area contributed by atoms with Crippen LogP contribution in [0.25, 0.3) is 0 Å². The van der Waals surface area contributed by atoms with Crippen LogP contribution in [0.5, 0.6) is 0 Å². The molecular weight excluding hydrogens is 422 g/mol. The molecular formula is C26H45NO4S. The van der Waals surface area contributed by atoms with E-state index in [1.54, 1.807) is 11.8 Å². The number of hydrogen-bond acceptors (Lipinski definition) is 6. The predicted octanol–water partition coefficient (Wildman–Crippen LogP) is 4.41. The topological polar surface area (TPSA) is 66.8 Å². The number of ether oxygens (including phenoxy) is 1. The minimum atomic E-state index is -0.467. The highest BCUT2D eigenvalue weighted by Crippen LogP contribution is 2.66. The molecule has 32 heavy (non-hydrogen) atoms. The fourth-order valence-electron chi connectivity index (χ4n) is 7.32. The van der Waals surface area contributed by atoms with E-state index in [1.165, 1.54) is 0 Å². The molecule has 3 aliphatic carbocycles. The van der Waals surface area contributed by atoms with E-state index >= 15 is 0 Å². The van der Waals surface area contributed by atoms with Gasteiger partial charge in [0.15, 0.2) is 0 Å². The summed E-state index contributed by atoms with van der Waals surface area (Å²) in [6, 6.07) is 0. The number of rotatable bonds is 8. The number of nitrogens with zero attached hydrogens (tertiary/aromatic N) is 1. The van der Waals surface area contributed by atoms with Gasteiger partial charge in [-0.05, 0) is 61.9 Å². The number of esters is 1. The first-order chi connectivity index (χ1) is 15.1. The van der Waals surface area contributed by atoms with Gasteiger partial charge in [0, 0.05) is 30.1 Å².